The Morgan fingerprint density at radius 2 is 1.76 bits per heavy atom. The van der Waals surface area contributed by atoms with E-state index in [0.717, 1.165) is 32.1 Å². The van der Waals surface area contributed by atoms with Crippen LogP contribution in [0.5, 0.6) is 0 Å². The highest BCUT2D eigenvalue weighted by Crippen LogP contribution is 2.34. The second kappa shape index (κ2) is 5.47. The van der Waals surface area contributed by atoms with Crippen LogP contribution in [0.3, 0.4) is 0 Å². The van der Waals surface area contributed by atoms with E-state index in [1.807, 2.05) is 20.8 Å². The van der Waals surface area contributed by atoms with Gasteiger partial charge >= 0.3 is 6.16 Å². The Labute approximate surface area is 103 Å². The summed E-state index contributed by atoms with van der Waals surface area (Å²) in [5.41, 5.74) is -1.07. The van der Waals surface area contributed by atoms with Crippen LogP contribution in [0.25, 0.3) is 0 Å². The van der Waals surface area contributed by atoms with Crippen molar-refractivity contribution >= 4 is 6.16 Å². The van der Waals surface area contributed by atoms with E-state index < -0.39 is 11.9 Å². The lowest BCUT2D eigenvalue weighted by Crippen LogP contribution is -2.35. The highest BCUT2D eigenvalue weighted by atomic mass is 16.7. The zero-order chi connectivity index (χ0) is 12.9. The molecule has 0 N–H and O–H groups in total. The van der Waals surface area contributed by atoms with Crippen molar-refractivity contribution in [2.24, 2.45) is 10.2 Å². The molecule has 98 valence electrons. The summed E-state index contributed by atoms with van der Waals surface area (Å²) < 4.78 is 9.85. The van der Waals surface area contributed by atoms with Gasteiger partial charge in [0, 0.05) is 12.8 Å². The maximum Gasteiger partial charge on any atom is 0.510 e. The third kappa shape index (κ3) is 4.71. The molecule has 1 aliphatic rings. The first-order valence-electron chi connectivity index (χ1n) is 6.08. The topological polar surface area (TPSA) is 60.2 Å². The van der Waals surface area contributed by atoms with Crippen molar-refractivity contribution in [2.45, 2.75) is 64.1 Å². The zero-order valence-corrected chi connectivity index (χ0v) is 11.2. The average Bonchev–Trinajstić information content (AvgIpc) is 2.27. The number of hydrogen-bond acceptors (Lipinski definition) is 5. The number of rotatable bonds is 2. The molecule has 1 saturated carbocycles. The number of carbonyl (C=O) groups excluding carboxylic acids is 1. The fourth-order valence-electron chi connectivity index (χ4n) is 1.76. The summed E-state index contributed by atoms with van der Waals surface area (Å²) in [7, 11) is 1.31. The average molecular weight is 242 g/mol. The summed E-state index contributed by atoms with van der Waals surface area (Å²) in [4.78, 5) is 11.3. The van der Waals surface area contributed by atoms with Gasteiger partial charge in [-0.2, -0.15) is 5.11 Å². The molecule has 1 fully saturated rings. The van der Waals surface area contributed by atoms with E-state index in [1.165, 1.54) is 7.11 Å². The highest BCUT2D eigenvalue weighted by molar-refractivity contribution is 5.60. The third-order valence-electron chi connectivity index (χ3n) is 2.61. The molecule has 17 heavy (non-hydrogen) atoms. The second-order valence-corrected chi connectivity index (χ2v) is 5.43. The Bertz CT molecular complexity index is 289. The standard InChI is InChI=1S/C12H22N2O3/c1-11(2,3)13-14-12(17-10(15)16-4)8-6-5-7-9-12/h5-9H2,1-4H3. The van der Waals surface area contributed by atoms with Gasteiger partial charge in [0.25, 0.3) is 0 Å². The molecular formula is C12H22N2O3. The van der Waals surface area contributed by atoms with Crippen LogP contribution in [-0.2, 0) is 9.47 Å². The van der Waals surface area contributed by atoms with E-state index in [-0.39, 0.29) is 5.54 Å². The van der Waals surface area contributed by atoms with Crippen LogP contribution in [0.4, 0.5) is 4.79 Å². The van der Waals surface area contributed by atoms with E-state index in [9.17, 15) is 4.79 Å². The van der Waals surface area contributed by atoms with Crippen molar-refractivity contribution < 1.29 is 14.3 Å². The number of azo groups is 1. The minimum absolute atomic E-state index is 0.260. The van der Waals surface area contributed by atoms with Crippen molar-refractivity contribution in [1.82, 2.24) is 0 Å². The predicted molar refractivity (Wildman–Crippen MR) is 63.9 cm³/mol. The summed E-state index contributed by atoms with van der Waals surface area (Å²) in [5, 5.41) is 8.51. The molecular weight excluding hydrogens is 220 g/mol. The zero-order valence-electron chi connectivity index (χ0n) is 11.2. The van der Waals surface area contributed by atoms with E-state index in [1.54, 1.807) is 0 Å². The first kappa shape index (κ1) is 13.9. The van der Waals surface area contributed by atoms with Crippen LogP contribution in [0, 0.1) is 0 Å². The van der Waals surface area contributed by atoms with Crippen LogP contribution >= 0.6 is 0 Å². The van der Waals surface area contributed by atoms with Crippen LogP contribution in [0.1, 0.15) is 52.9 Å². The lowest BCUT2D eigenvalue weighted by atomic mass is 9.92. The van der Waals surface area contributed by atoms with Gasteiger partial charge in [-0.05, 0) is 33.6 Å². The fraction of sp³-hybridized carbons (Fsp3) is 0.917. The number of methoxy groups -OCH3 is 1. The largest absolute Gasteiger partial charge is 0.510 e. The fourth-order valence-corrected chi connectivity index (χ4v) is 1.76. The van der Waals surface area contributed by atoms with Gasteiger partial charge in [0.05, 0.1) is 12.6 Å². The molecule has 5 nitrogen and oxygen atoms in total. The first-order valence-corrected chi connectivity index (χ1v) is 6.08. The first-order chi connectivity index (χ1) is 7.87. The van der Waals surface area contributed by atoms with Crippen molar-refractivity contribution in [3.8, 4) is 0 Å². The summed E-state index contributed by atoms with van der Waals surface area (Å²) in [6, 6.07) is 0. The van der Waals surface area contributed by atoms with Gasteiger partial charge in [0.2, 0.25) is 5.72 Å². The predicted octanol–water partition coefficient (Wildman–Crippen LogP) is 3.68. The molecule has 0 amide bonds. The summed E-state index contributed by atoms with van der Waals surface area (Å²) in [6.45, 7) is 5.89. The van der Waals surface area contributed by atoms with Crippen molar-refractivity contribution in [2.75, 3.05) is 7.11 Å². The molecule has 1 rings (SSSR count). The van der Waals surface area contributed by atoms with Crippen LogP contribution in [0.15, 0.2) is 10.2 Å². The molecule has 5 heteroatoms. The van der Waals surface area contributed by atoms with Gasteiger partial charge in [0.1, 0.15) is 0 Å². The minimum Gasteiger partial charge on any atom is -0.438 e. The molecule has 0 unspecified atom stereocenters. The van der Waals surface area contributed by atoms with Gasteiger partial charge < -0.3 is 9.47 Å². The summed E-state index contributed by atoms with van der Waals surface area (Å²) in [6.07, 6.45) is 3.92. The maximum absolute atomic E-state index is 11.3. The number of carbonyl (C=O) groups is 1. The molecule has 0 bridgehead atoms. The smallest absolute Gasteiger partial charge is 0.438 e. The molecule has 0 aromatic heterocycles. The Morgan fingerprint density at radius 1 is 1.18 bits per heavy atom. The van der Waals surface area contributed by atoms with Crippen LogP contribution in [-0.4, -0.2) is 24.5 Å². The normalized spacial score (nSPS) is 20.2. The Morgan fingerprint density at radius 3 is 2.24 bits per heavy atom. The lowest BCUT2D eigenvalue weighted by molar-refractivity contribution is -0.0487. The van der Waals surface area contributed by atoms with Crippen molar-refractivity contribution in [1.29, 1.82) is 0 Å². The van der Waals surface area contributed by atoms with Gasteiger partial charge in [-0.15, -0.1) is 5.11 Å². The number of ether oxygens (including phenoxy) is 2. The van der Waals surface area contributed by atoms with E-state index >= 15 is 0 Å². The molecule has 0 heterocycles. The number of nitrogens with zero attached hydrogens (tertiary/aromatic N) is 2. The monoisotopic (exact) mass is 242 g/mol. The molecule has 1 aliphatic carbocycles. The van der Waals surface area contributed by atoms with E-state index in [4.69, 9.17) is 4.74 Å². The van der Waals surface area contributed by atoms with Gasteiger partial charge in [-0.1, -0.05) is 6.42 Å². The van der Waals surface area contributed by atoms with E-state index in [2.05, 4.69) is 15.0 Å². The van der Waals surface area contributed by atoms with E-state index in [0.29, 0.717) is 0 Å². The molecule has 0 atom stereocenters. The quantitative estimate of drug-likeness (QED) is 0.548. The number of hydrogen-bond donors (Lipinski definition) is 0. The SMILES string of the molecule is COC(=O)OC1(N=NC(C)(C)C)CCCCC1. The Hall–Kier alpha value is -1.13. The molecule has 0 aromatic rings. The lowest BCUT2D eigenvalue weighted by Gasteiger charge is -2.31. The Kier molecular flexibility index (Phi) is 4.48. The van der Waals surface area contributed by atoms with Crippen molar-refractivity contribution in [3.63, 3.8) is 0 Å². The van der Waals surface area contributed by atoms with Crippen LogP contribution in [0.2, 0.25) is 0 Å². The second-order valence-electron chi connectivity index (χ2n) is 5.43. The highest BCUT2D eigenvalue weighted by Gasteiger charge is 2.37. The molecule has 0 radical (unpaired) electrons. The summed E-state index contributed by atoms with van der Waals surface area (Å²) in [5.74, 6) is 0. The van der Waals surface area contributed by atoms with Gasteiger partial charge in [0.15, 0.2) is 0 Å². The maximum atomic E-state index is 11.3. The Balaban J connectivity index is 2.78. The van der Waals surface area contributed by atoms with Crippen molar-refractivity contribution in [3.05, 3.63) is 0 Å². The van der Waals surface area contributed by atoms with Crippen LogP contribution < -0.4 is 0 Å². The molecule has 0 saturated heterocycles. The molecule has 0 spiro atoms. The molecule has 0 aromatic carbocycles. The minimum atomic E-state index is -0.807. The third-order valence-corrected chi connectivity index (χ3v) is 2.61. The van der Waals surface area contributed by atoms with Gasteiger partial charge in [-0.25, -0.2) is 4.79 Å². The van der Waals surface area contributed by atoms with Gasteiger partial charge in [-0.3, -0.25) is 0 Å². The molecule has 0 aliphatic heterocycles. The summed E-state index contributed by atoms with van der Waals surface area (Å²) >= 11 is 0.